The monoisotopic (exact) mass is 423 g/mol. The van der Waals surface area contributed by atoms with Gasteiger partial charge in [-0.2, -0.15) is 0 Å². The van der Waals surface area contributed by atoms with Crippen LogP contribution < -0.4 is 10.6 Å². The van der Waals surface area contributed by atoms with Crippen LogP contribution in [-0.2, 0) is 4.74 Å². The van der Waals surface area contributed by atoms with Crippen LogP contribution in [-0.4, -0.2) is 61.6 Å². The Morgan fingerprint density at radius 1 is 1.38 bits per heavy atom. The molecule has 1 atom stereocenters. The summed E-state index contributed by atoms with van der Waals surface area (Å²) in [7, 11) is 1.77. The van der Waals surface area contributed by atoms with Crippen molar-refractivity contribution in [3.63, 3.8) is 0 Å². The highest BCUT2D eigenvalue weighted by Crippen LogP contribution is 2.24. The number of piperidine rings is 1. The number of likely N-dealkylation sites (tertiary alicyclic amines) is 1. The van der Waals surface area contributed by atoms with Gasteiger partial charge >= 0.3 is 5.97 Å². The second kappa shape index (κ2) is 12.1. The maximum absolute atomic E-state index is 12.0. The zero-order valence-corrected chi connectivity index (χ0v) is 19.4. The average molecular weight is 424 g/mol. The van der Waals surface area contributed by atoms with E-state index in [9.17, 15) is 4.79 Å². The molecule has 2 heterocycles. The number of rotatable bonds is 9. The third-order valence-corrected chi connectivity index (χ3v) is 6.61. The summed E-state index contributed by atoms with van der Waals surface area (Å²) in [5.41, 5.74) is 0.715. The summed E-state index contributed by atoms with van der Waals surface area (Å²) in [4.78, 5) is 24.0. The summed E-state index contributed by atoms with van der Waals surface area (Å²) < 4.78 is 5.10. The predicted molar refractivity (Wildman–Crippen MR) is 120 cm³/mol. The molecule has 0 saturated carbocycles. The number of guanidine groups is 1. The van der Waals surface area contributed by atoms with Crippen molar-refractivity contribution in [1.29, 1.82) is 0 Å². The SMILES string of the molecule is CCOC(=O)c1sc(C(C)NC(=NC)NCCCCN2CCC(C)CC2)nc1C. The molecule has 1 aromatic heterocycles. The lowest BCUT2D eigenvalue weighted by Gasteiger charge is -2.30. The van der Waals surface area contributed by atoms with E-state index in [1.54, 1.807) is 7.05 Å². The van der Waals surface area contributed by atoms with Crippen LogP contribution in [0.1, 0.15) is 72.9 Å². The van der Waals surface area contributed by atoms with Crippen molar-refractivity contribution in [2.75, 3.05) is 39.8 Å². The molecule has 0 aliphatic carbocycles. The highest BCUT2D eigenvalue weighted by atomic mass is 32.1. The minimum Gasteiger partial charge on any atom is -0.462 e. The van der Waals surface area contributed by atoms with E-state index < -0.39 is 0 Å². The number of unbranched alkanes of at least 4 members (excludes halogenated alkanes) is 1. The van der Waals surface area contributed by atoms with Crippen molar-refractivity contribution in [2.24, 2.45) is 10.9 Å². The summed E-state index contributed by atoms with van der Waals surface area (Å²) in [6.07, 6.45) is 4.98. The van der Waals surface area contributed by atoms with Crippen molar-refractivity contribution in [1.82, 2.24) is 20.5 Å². The molecule has 0 bridgehead atoms. The second-order valence-electron chi connectivity index (χ2n) is 7.78. The zero-order chi connectivity index (χ0) is 21.2. The minimum absolute atomic E-state index is 0.0385. The Labute approximate surface area is 179 Å². The van der Waals surface area contributed by atoms with Gasteiger partial charge in [-0.15, -0.1) is 11.3 Å². The largest absolute Gasteiger partial charge is 0.462 e. The van der Waals surface area contributed by atoms with Gasteiger partial charge in [0.15, 0.2) is 5.96 Å². The molecule has 2 N–H and O–H groups in total. The van der Waals surface area contributed by atoms with E-state index >= 15 is 0 Å². The quantitative estimate of drug-likeness (QED) is 0.274. The molecule has 1 aliphatic heterocycles. The molecule has 1 aromatic rings. The first-order chi connectivity index (χ1) is 13.9. The number of aryl methyl sites for hydroxylation is 1. The van der Waals surface area contributed by atoms with Gasteiger partial charge in [0.05, 0.1) is 18.3 Å². The Morgan fingerprint density at radius 2 is 2.10 bits per heavy atom. The second-order valence-corrected chi connectivity index (χ2v) is 8.81. The van der Waals surface area contributed by atoms with Gasteiger partial charge in [-0.05, 0) is 72.0 Å². The van der Waals surface area contributed by atoms with Gasteiger partial charge in [0, 0.05) is 13.6 Å². The van der Waals surface area contributed by atoms with E-state index in [0.29, 0.717) is 17.2 Å². The molecule has 0 aromatic carbocycles. The zero-order valence-electron chi connectivity index (χ0n) is 18.6. The fourth-order valence-electron chi connectivity index (χ4n) is 3.40. The normalized spacial score (nSPS) is 17.2. The van der Waals surface area contributed by atoms with Gasteiger partial charge in [-0.3, -0.25) is 4.99 Å². The van der Waals surface area contributed by atoms with Crippen molar-refractivity contribution in [2.45, 2.75) is 59.4 Å². The maximum Gasteiger partial charge on any atom is 0.350 e. The number of carbonyl (C=O) groups is 1. The molecule has 164 valence electrons. The van der Waals surface area contributed by atoms with Crippen LogP contribution in [0.2, 0.25) is 0 Å². The molecule has 0 spiro atoms. The lowest BCUT2D eigenvalue weighted by Crippen LogP contribution is -2.39. The highest BCUT2D eigenvalue weighted by Gasteiger charge is 2.20. The highest BCUT2D eigenvalue weighted by molar-refractivity contribution is 7.13. The van der Waals surface area contributed by atoms with E-state index in [4.69, 9.17) is 4.74 Å². The molecule has 7 nitrogen and oxygen atoms in total. The molecule has 0 amide bonds. The van der Waals surface area contributed by atoms with Gasteiger partial charge in [0.2, 0.25) is 0 Å². The van der Waals surface area contributed by atoms with Crippen molar-refractivity contribution in [3.05, 3.63) is 15.6 Å². The number of nitrogens with zero attached hydrogens (tertiary/aromatic N) is 3. The molecule has 1 unspecified atom stereocenters. The molecule has 1 aliphatic rings. The third kappa shape index (κ3) is 7.59. The van der Waals surface area contributed by atoms with Gasteiger partial charge in [0.25, 0.3) is 0 Å². The van der Waals surface area contributed by atoms with Crippen LogP contribution in [0, 0.1) is 12.8 Å². The van der Waals surface area contributed by atoms with Crippen LogP contribution in [0.25, 0.3) is 0 Å². The van der Waals surface area contributed by atoms with E-state index in [0.717, 1.165) is 29.9 Å². The van der Waals surface area contributed by atoms with E-state index in [-0.39, 0.29) is 12.0 Å². The van der Waals surface area contributed by atoms with Gasteiger partial charge in [0.1, 0.15) is 9.88 Å². The molecule has 0 radical (unpaired) electrons. The number of esters is 1. The molecule has 1 fully saturated rings. The number of carbonyl (C=O) groups excluding carboxylic acids is 1. The minimum atomic E-state index is -0.299. The molecule has 1 saturated heterocycles. The van der Waals surface area contributed by atoms with Crippen molar-refractivity contribution < 1.29 is 9.53 Å². The number of thiazole rings is 1. The van der Waals surface area contributed by atoms with E-state index in [1.165, 1.54) is 50.2 Å². The first-order valence-corrected chi connectivity index (χ1v) is 11.6. The van der Waals surface area contributed by atoms with Crippen LogP contribution in [0.15, 0.2) is 4.99 Å². The molecular weight excluding hydrogens is 386 g/mol. The van der Waals surface area contributed by atoms with Crippen LogP contribution in [0.5, 0.6) is 0 Å². The summed E-state index contributed by atoms with van der Waals surface area (Å²) in [5.74, 6) is 1.35. The standard InChI is InChI=1S/C21H37N5O2S/c1-6-28-20(27)18-16(3)24-19(29-18)17(4)25-21(22-5)23-11-7-8-12-26-13-9-15(2)10-14-26/h15,17H,6-14H2,1-5H3,(H2,22,23,25). The van der Waals surface area contributed by atoms with Gasteiger partial charge in [-0.25, -0.2) is 9.78 Å². The van der Waals surface area contributed by atoms with Crippen molar-refractivity contribution in [3.8, 4) is 0 Å². The fourth-order valence-corrected chi connectivity index (χ4v) is 4.37. The summed E-state index contributed by atoms with van der Waals surface area (Å²) in [5, 5.41) is 7.60. The smallest absolute Gasteiger partial charge is 0.350 e. The lowest BCUT2D eigenvalue weighted by atomic mass is 9.99. The Hall–Kier alpha value is -1.67. The van der Waals surface area contributed by atoms with Crippen molar-refractivity contribution >= 4 is 23.3 Å². The number of hydrogen-bond donors (Lipinski definition) is 2. The van der Waals surface area contributed by atoms with Gasteiger partial charge < -0.3 is 20.3 Å². The summed E-state index contributed by atoms with van der Waals surface area (Å²) >= 11 is 1.38. The Bertz CT molecular complexity index is 668. The Balaban J connectivity index is 1.72. The Morgan fingerprint density at radius 3 is 2.76 bits per heavy atom. The third-order valence-electron chi connectivity index (χ3n) is 5.29. The lowest BCUT2D eigenvalue weighted by molar-refractivity contribution is 0.0531. The number of ether oxygens (including phenoxy) is 1. The molecule has 8 heteroatoms. The summed E-state index contributed by atoms with van der Waals surface area (Å²) in [6, 6.07) is -0.0385. The molecular formula is C21H37N5O2S. The molecule has 29 heavy (non-hydrogen) atoms. The summed E-state index contributed by atoms with van der Waals surface area (Å²) in [6.45, 7) is 13.0. The first-order valence-electron chi connectivity index (χ1n) is 10.8. The average Bonchev–Trinajstić information content (AvgIpc) is 3.10. The van der Waals surface area contributed by atoms with Gasteiger partial charge in [-0.1, -0.05) is 6.92 Å². The predicted octanol–water partition coefficient (Wildman–Crippen LogP) is 3.37. The number of hydrogen-bond acceptors (Lipinski definition) is 6. The fraction of sp³-hybridized carbons (Fsp3) is 0.762. The number of aliphatic imine (C=N–C) groups is 1. The number of aromatic nitrogens is 1. The van der Waals surface area contributed by atoms with Crippen LogP contribution in [0.3, 0.4) is 0 Å². The number of nitrogens with one attached hydrogen (secondary N) is 2. The first kappa shape index (κ1) is 23.6. The van der Waals surface area contributed by atoms with Crippen LogP contribution in [0.4, 0.5) is 0 Å². The van der Waals surface area contributed by atoms with E-state index in [2.05, 4.69) is 32.4 Å². The maximum atomic E-state index is 12.0. The van der Waals surface area contributed by atoms with Crippen LogP contribution >= 0.6 is 11.3 Å². The topological polar surface area (TPSA) is 78.8 Å². The van der Waals surface area contributed by atoms with E-state index in [1.807, 2.05) is 20.8 Å². The Kier molecular flexibility index (Phi) is 9.87. The molecule has 2 rings (SSSR count).